The number of nitrogens with zero attached hydrogens (tertiary/aromatic N) is 1. The molecule has 2 rings (SSSR count). The largest absolute Gasteiger partial charge is 0.481 e. The molecule has 0 bridgehead atoms. The minimum Gasteiger partial charge on any atom is -0.481 e. The predicted octanol–water partition coefficient (Wildman–Crippen LogP) is 4.63. The van der Waals surface area contributed by atoms with Crippen LogP contribution in [0.1, 0.15) is 48.9 Å². The molecule has 1 unspecified atom stereocenters. The molecule has 0 aliphatic heterocycles. The molecular formula is C22H29NO3. The molecule has 0 aliphatic rings. The fourth-order valence-electron chi connectivity index (χ4n) is 2.42. The van der Waals surface area contributed by atoms with Crippen LogP contribution >= 0.6 is 0 Å². The first kappa shape index (κ1) is 21.4. The number of carbonyl (C=O) groups is 2. The highest BCUT2D eigenvalue weighted by Crippen LogP contribution is 2.15. The summed E-state index contributed by atoms with van der Waals surface area (Å²) in [5.74, 6) is -0.700. The van der Waals surface area contributed by atoms with E-state index in [1.165, 1.54) is 11.1 Å². The molecular weight excluding hydrogens is 326 g/mol. The second kappa shape index (κ2) is 11.9. The van der Waals surface area contributed by atoms with E-state index in [1.807, 2.05) is 37.3 Å². The predicted molar refractivity (Wildman–Crippen MR) is 105 cm³/mol. The molecule has 0 saturated heterocycles. The van der Waals surface area contributed by atoms with Crippen molar-refractivity contribution in [1.29, 1.82) is 0 Å². The van der Waals surface area contributed by atoms with Crippen molar-refractivity contribution < 1.29 is 14.7 Å². The molecule has 0 saturated carbocycles. The summed E-state index contributed by atoms with van der Waals surface area (Å²) in [4.78, 5) is 22.3. The van der Waals surface area contributed by atoms with Gasteiger partial charge in [-0.25, -0.2) is 0 Å². The summed E-state index contributed by atoms with van der Waals surface area (Å²) in [7, 11) is 1.78. The van der Waals surface area contributed by atoms with Gasteiger partial charge in [0.2, 0.25) is 6.41 Å². The van der Waals surface area contributed by atoms with Crippen LogP contribution in [0.5, 0.6) is 0 Å². The van der Waals surface area contributed by atoms with E-state index < -0.39 is 5.97 Å². The third-order valence-electron chi connectivity index (χ3n) is 4.29. The summed E-state index contributed by atoms with van der Waals surface area (Å²) < 4.78 is 0. The zero-order chi connectivity index (χ0) is 19.4. The van der Waals surface area contributed by atoms with Crippen molar-refractivity contribution in [3.05, 3.63) is 71.3 Å². The number of aliphatic carboxylic acids is 1. The van der Waals surface area contributed by atoms with Crippen LogP contribution in [-0.2, 0) is 16.0 Å². The van der Waals surface area contributed by atoms with Crippen LogP contribution in [0.3, 0.4) is 0 Å². The van der Waals surface area contributed by atoms with Gasteiger partial charge in [0.05, 0.1) is 6.04 Å². The van der Waals surface area contributed by atoms with E-state index in [9.17, 15) is 9.59 Å². The summed E-state index contributed by atoms with van der Waals surface area (Å²) in [5.41, 5.74) is 3.72. The van der Waals surface area contributed by atoms with Crippen LogP contribution < -0.4 is 0 Å². The number of carboxylic acid groups (broad SMARTS) is 1. The van der Waals surface area contributed by atoms with Gasteiger partial charge in [0.25, 0.3) is 0 Å². The number of carboxylic acids is 1. The number of unbranched alkanes of at least 4 members (excludes halogenated alkanes) is 1. The molecule has 0 aliphatic carbocycles. The van der Waals surface area contributed by atoms with Crippen LogP contribution in [0.4, 0.5) is 0 Å². The van der Waals surface area contributed by atoms with Crippen LogP contribution in [0.15, 0.2) is 54.6 Å². The van der Waals surface area contributed by atoms with Gasteiger partial charge in [-0.15, -0.1) is 0 Å². The summed E-state index contributed by atoms with van der Waals surface area (Å²) in [6, 6.07) is 18.5. The maximum Gasteiger partial charge on any atom is 0.303 e. The first-order valence-corrected chi connectivity index (χ1v) is 8.93. The monoisotopic (exact) mass is 355 g/mol. The molecule has 0 heterocycles. The van der Waals surface area contributed by atoms with Gasteiger partial charge in [-0.3, -0.25) is 9.59 Å². The number of hydrogen-bond donors (Lipinski definition) is 1. The lowest BCUT2D eigenvalue weighted by Gasteiger charge is -2.20. The zero-order valence-corrected chi connectivity index (χ0v) is 15.9. The fourth-order valence-corrected chi connectivity index (χ4v) is 2.42. The Morgan fingerprint density at radius 3 is 2.23 bits per heavy atom. The topological polar surface area (TPSA) is 57.6 Å². The van der Waals surface area contributed by atoms with E-state index >= 15 is 0 Å². The number of carbonyl (C=O) groups excluding carboxylic acids is 1. The molecule has 140 valence electrons. The standard InChI is InChI=1S/C12H16O2.C10H13NO/c1-10-6-8-11(9-7-10)4-2-3-5-12(13)14;1-9(11(2)8-12)10-6-4-3-5-7-10/h6-9H,2-5H2,1H3,(H,13,14);3-9H,1-2H3. The van der Waals surface area contributed by atoms with Gasteiger partial charge < -0.3 is 10.0 Å². The van der Waals surface area contributed by atoms with E-state index in [-0.39, 0.29) is 12.5 Å². The van der Waals surface area contributed by atoms with Crippen molar-refractivity contribution in [2.75, 3.05) is 7.05 Å². The number of benzene rings is 2. The smallest absolute Gasteiger partial charge is 0.303 e. The minimum atomic E-state index is -0.700. The quantitative estimate of drug-likeness (QED) is 0.555. The van der Waals surface area contributed by atoms with Crippen molar-refractivity contribution in [2.45, 2.75) is 45.6 Å². The van der Waals surface area contributed by atoms with Gasteiger partial charge in [-0.2, -0.15) is 0 Å². The lowest BCUT2D eigenvalue weighted by Crippen LogP contribution is -2.20. The summed E-state index contributed by atoms with van der Waals surface area (Å²) >= 11 is 0. The highest BCUT2D eigenvalue weighted by atomic mass is 16.4. The van der Waals surface area contributed by atoms with E-state index in [2.05, 4.69) is 31.2 Å². The maximum absolute atomic E-state index is 10.4. The number of hydrogen-bond acceptors (Lipinski definition) is 2. The molecule has 2 aromatic carbocycles. The minimum absolute atomic E-state index is 0.156. The second-order valence-electron chi connectivity index (χ2n) is 6.44. The average Bonchev–Trinajstić information content (AvgIpc) is 2.66. The van der Waals surface area contributed by atoms with Crippen LogP contribution in [0, 0.1) is 6.92 Å². The van der Waals surface area contributed by atoms with Crippen molar-refractivity contribution in [1.82, 2.24) is 4.90 Å². The lowest BCUT2D eigenvalue weighted by atomic mass is 10.1. The van der Waals surface area contributed by atoms with Gasteiger partial charge in [-0.05, 0) is 44.2 Å². The van der Waals surface area contributed by atoms with Crippen molar-refractivity contribution in [3.8, 4) is 0 Å². The molecule has 1 N–H and O–H groups in total. The molecule has 4 nitrogen and oxygen atoms in total. The Morgan fingerprint density at radius 1 is 1.08 bits per heavy atom. The Labute approximate surface area is 156 Å². The number of rotatable bonds is 8. The highest BCUT2D eigenvalue weighted by Gasteiger charge is 2.07. The van der Waals surface area contributed by atoms with Gasteiger partial charge in [-0.1, -0.05) is 60.2 Å². The third kappa shape index (κ3) is 8.47. The Bertz CT molecular complexity index is 653. The van der Waals surface area contributed by atoms with E-state index in [0.717, 1.165) is 31.2 Å². The van der Waals surface area contributed by atoms with Gasteiger partial charge in [0.15, 0.2) is 0 Å². The van der Waals surface area contributed by atoms with Gasteiger partial charge >= 0.3 is 5.97 Å². The average molecular weight is 355 g/mol. The molecule has 1 amide bonds. The summed E-state index contributed by atoms with van der Waals surface area (Å²) in [5, 5.41) is 8.45. The molecule has 2 aromatic rings. The molecule has 0 fully saturated rings. The maximum atomic E-state index is 10.4. The number of amides is 1. The Hall–Kier alpha value is -2.62. The van der Waals surface area contributed by atoms with Crippen LogP contribution in [0.2, 0.25) is 0 Å². The second-order valence-corrected chi connectivity index (χ2v) is 6.44. The Balaban J connectivity index is 0.000000263. The lowest BCUT2D eigenvalue weighted by molar-refractivity contribution is -0.137. The Kier molecular flexibility index (Phi) is 9.77. The third-order valence-corrected chi connectivity index (χ3v) is 4.29. The van der Waals surface area contributed by atoms with Crippen LogP contribution in [-0.4, -0.2) is 29.4 Å². The number of aryl methyl sites for hydroxylation is 2. The van der Waals surface area contributed by atoms with E-state index in [4.69, 9.17) is 5.11 Å². The SMILES string of the molecule is CC(c1ccccc1)N(C)C=O.Cc1ccc(CCCCC(=O)O)cc1. The summed E-state index contributed by atoms with van der Waals surface area (Å²) in [6.07, 6.45) is 3.83. The molecule has 0 spiro atoms. The van der Waals surface area contributed by atoms with Crippen molar-refractivity contribution in [3.63, 3.8) is 0 Å². The molecule has 26 heavy (non-hydrogen) atoms. The van der Waals surface area contributed by atoms with Gasteiger partial charge in [0, 0.05) is 13.5 Å². The van der Waals surface area contributed by atoms with Crippen LogP contribution in [0.25, 0.3) is 0 Å². The first-order valence-electron chi connectivity index (χ1n) is 8.93. The highest BCUT2D eigenvalue weighted by molar-refractivity contribution is 5.66. The Morgan fingerprint density at radius 2 is 1.69 bits per heavy atom. The fraction of sp³-hybridized carbons (Fsp3) is 0.364. The van der Waals surface area contributed by atoms with E-state index in [1.54, 1.807) is 11.9 Å². The first-order chi connectivity index (χ1) is 12.4. The van der Waals surface area contributed by atoms with Gasteiger partial charge in [0.1, 0.15) is 0 Å². The normalized spacial score (nSPS) is 11.0. The van der Waals surface area contributed by atoms with Crippen molar-refractivity contribution in [2.24, 2.45) is 0 Å². The zero-order valence-electron chi connectivity index (χ0n) is 15.9. The van der Waals surface area contributed by atoms with Crippen molar-refractivity contribution >= 4 is 12.4 Å². The molecule has 0 aromatic heterocycles. The molecule has 4 heteroatoms. The summed E-state index contributed by atoms with van der Waals surface area (Å²) in [6.45, 7) is 4.07. The van der Waals surface area contributed by atoms with E-state index in [0.29, 0.717) is 0 Å². The molecule has 1 atom stereocenters. The molecule has 0 radical (unpaired) electrons.